The molecule has 0 saturated heterocycles. The van der Waals surface area contributed by atoms with Crippen LogP contribution in [0.4, 0.5) is 4.39 Å². The summed E-state index contributed by atoms with van der Waals surface area (Å²) in [5.41, 5.74) is 1.24. The van der Waals surface area contributed by atoms with Crippen LogP contribution in [0.2, 0.25) is 0 Å². The monoisotopic (exact) mass is 345 g/mol. The molecule has 2 aromatic rings. The van der Waals surface area contributed by atoms with Gasteiger partial charge in [0.15, 0.2) is 0 Å². The van der Waals surface area contributed by atoms with E-state index in [0.29, 0.717) is 0 Å². The molecule has 1 nitrogen and oxygen atoms in total. The van der Waals surface area contributed by atoms with E-state index in [1.54, 1.807) is 11.8 Å². The minimum atomic E-state index is -0.284. The zero-order valence-electron chi connectivity index (χ0n) is 8.36. The van der Waals surface area contributed by atoms with E-state index in [0.717, 1.165) is 14.3 Å². The minimum absolute atomic E-state index is 0.284. The van der Waals surface area contributed by atoms with E-state index in [1.807, 2.05) is 18.2 Å². The van der Waals surface area contributed by atoms with Gasteiger partial charge in [-0.3, -0.25) is 0 Å². The number of nitrogens with zero attached hydrogens (tertiary/aromatic N) is 1. The molecule has 1 aromatic carbocycles. The second kappa shape index (κ2) is 5.63. The fourth-order valence-electron chi connectivity index (χ4n) is 1.23. The topological polar surface area (TPSA) is 12.9 Å². The van der Waals surface area contributed by atoms with Gasteiger partial charge in [0.05, 0.1) is 6.20 Å². The molecule has 0 aliphatic rings. The van der Waals surface area contributed by atoms with Gasteiger partial charge in [-0.1, -0.05) is 30.3 Å². The van der Waals surface area contributed by atoms with E-state index in [2.05, 4.69) is 39.7 Å². The van der Waals surface area contributed by atoms with Crippen LogP contribution < -0.4 is 0 Å². The normalized spacial score (nSPS) is 10.4. The number of thioether (sulfide) groups is 1. The molecule has 0 spiro atoms. The highest BCUT2D eigenvalue weighted by atomic mass is 127. The molecule has 0 radical (unpaired) electrons. The molecule has 1 heterocycles. The standard InChI is InChI=1S/C12H9FINS/c13-10-6-11(14)12(15-7-10)16-8-9-4-2-1-3-5-9/h1-7H,8H2. The van der Waals surface area contributed by atoms with Crippen molar-refractivity contribution in [1.82, 2.24) is 4.98 Å². The Bertz CT molecular complexity index is 476. The summed E-state index contributed by atoms with van der Waals surface area (Å²) in [4.78, 5) is 4.07. The average Bonchev–Trinajstić information content (AvgIpc) is 2.29. The number of aromatic nitrogens is 1. The van der Waals surface area contributed by atoms with Crippen LogP contribution in [0.25, 0.3) is 0 Å². The van der Waals surface area contributed by atoms with Crippen molar-refractivity contribution in [1.29, 1.82) is 0 Å². The lowest BCUT2D eigenvalue weighted by molar-refractivity contribution is 0.616. The third kappa shape index (κ3) is 3.18. The largest absolute Gasteiger partial charge is 0.246 e. The highest BCUT2D eigenvalue weighted by Crippen LogP contribution is 2.25. The molecule has 0 aliphatic heterocycles. The third-order valence-electron chi connectivity index (χ3n) is 1.99. The molecule has 0 aliphatic carbocycles. The van der Waals surface area contributed by atoms with Crippen molar-refractivity contribution in [2.75, 3.05) is 0 Å². The first-order chi connectivity index (χ1) is 7.75. The van der Waals surface area contributed by atoms with Gasteiger partial charge in [0.25, 0.3) is 0 Å². The molecular formula is C12H9FINS. The van der Waals surface area contributed by atoms with Gasteiger partial charge in [0, 0.05) is 9.32 Å². The third-order valence-corrected chi connectivity index (χ3v) is 4.26. The maximum absolute atomic E-state index is 12.8. The summed E-state index contributed by atoms with van der Waals surface area (Å²) >= 11 is 3.73. The second-order valence-corrected chi connectivity index (χ2v) is 5.34. The van der Waals surface area contributed by atoms with Crippen molar-refractivity contribution in [2.24, 2.45) is 0 Å². The molecule has 16 heavy (non-hydrogen) atoms. The van der Waals surface area contributed by atoms with E-state index in [4.69, 9.17) is 0 Å². The van der Waals surface area contributed by atoms with Crippen LogP contribution >= 0.6 is 34.4 Å². The van der Waals surface area contributed by atoms with E-state index in [9.17, 15) is 4.39 Å². The van der Waals surface area contributed by atoms with Gasteiger partial charge < -0.3 is 0 Å². The van der Waals surface area contributed by atoms with Crippen molar-refractivity contribution < 1.29 is 4.39 Å². The second-order valence-electron chi connectivity index (χ2n) is 3.21. The average molecular weight is 345 g/mol. The van der Waals surface area contributed by atoms with Gasteiger partial charge in [-0.2, -0.15) is 0 Å². The van der Waals surface area contributed by atoms with Crippen LogP contribution in [-0.4, -0.2) is 4.98 Å². The Morgan fingerprint density at radius 1 is 1.25 bits per heavy atom. The van der Waals surface area contributed by atoms with Crippen molar-refractivity contribution in [3.05, 3.63) is 57.5 Å². The number of hydrogen-bond donors (Lipinski definition) is 0. The molecule has 4 heteroatoms. The van der Waals surface area contributed by atoms with Gasteiger partial charge in [0.1, 0.15) is 10.8 Å². The smallest absolute Gasteiger partial charge is 0.142 e. The van der Waals surface area contributed by atoms with Crippen LogP contribution in [0.5, 0.6) is 0 Å². The number of hydrogen-bond acceptors (Lipinski definition) is 2. The predicted octanol–water partition coefficient (Wildman–Crippen LogP) is 4.12. The molecule has 0 bridgehead atoms. The molecule has 0 amide bonds. The predicted molar refractivity (Wildman–Crippen MR) is 72.9 cm³/mol. The quantitative estimate of drug-likeness (QED) is 0.613. The first-order valence-corrected chi connectivity index (χ1v) is 6.80. The van der Waals surface area contributed by atoms with Gasteiger partial charge in [-0.05, 0) is 34.2 Å². The first-order valence-electron chi connectivity index (χ1n) is 4.73. The summed E-state index contributed by atoms with van der Waals surface area (Å²) in [6.45, 7) is 0. The highest BCUT2D eigenvalue weighted by molar-refractivity contribution is 14.1. The van der Waals surface area contributed by atoms with Crippen molar-refractivity contribution >= 4 is 34.4 Å². The SMILES string of the molecule is Fc1cnc(SCc2ccccc2)c(I)c1. The maximum Gasteiger partial charge on any atom is 0.142 e. The van der Waals surface area contributed by atoms with Crippen LogP contribution in [-0.2, 0) is 5.75 Å². The van der Waals surface area contributed by atoms with Crippen LogP contribution in [0, 0.1) is 9.39 Å². The lowest BCUT2D eigenvalue weighted by atomic mass is 10.2. The molecule has 0 saturated carbocycles. The lowest BCUT2D eigenvalue weighted by Gasteiger charge is -2.03. The van der Waals surface area contributed by atoms with Crippen LogP contribution in [0.3, 0.4) is 0 Å². The summed E-state index contributed by atoms with van der Waals surface area (Å²) in [5, 5.41) is 0.880. The number of pyridine rings is 1. The first kappa shape index (κ1) is 11.9. The van der Waals surface area contributed by atoms with E-state index >= 15 is 0 Å². The van der Waals surface area contributed by atoms with Crippen molar-refractivity contribution in [3.8, 4) is 0 Å². The molecule has 0 fully saturated rings. The van der Waals surface area contributed by atoms with E-state index in [-0.39, 0.29) is 5.82 Å². The molecule has 1 aromatic heterocycles. The molecule has 0 N–H and O–H groups in total. The molecule has 0 atom stereocenters. The lowest BCUT2D eigenvalue weighted by Crippen LogP contribution is -1.88. The minimum Gasteiger partial charge on any atom is -0.246 e. The van der Waals surface area contributed by atoms with Crippen LogP contribution in [0.15, 0.2) is 47.6 Å². The molecular weight excluding hydrogens is 336 g/mol. The zero-order chi connectivity index (χ0) is 11.4. The fraction of sp³-hybridized carbons (Fsp3) is 0.0833. The summed E-state index contributed by atoms with van der Waals surface area (Å²) in [6.07, 6.45) is 1.26. The Labute approximate surface area is 112 Å². The Hall–Kier alpha value is -0.620. The zero-order valence-corrected chi connectivity index (χ0v) is 11.3. The summed E-state index contributed by atoms with van der Waals surface area (Å²) in [6, 6.07) is 11.7. The Morgan fingerprint density at radius 3 is 2.69 bits per heavy atom. The van der Waals surface area contributed by atoms with Gasteiger partial charge in [0.2, 0.25) is 0 Å². The van der Waals surface area contributed by atoms with Gasteiger partial charge in [-0.15, -0.1) is 11.8 Å². The summed E-state index contributed by atoms with van der Waals surface area (Å²) < 4.78 is 13.7. The summed E-state index contributed by atoms with van der Waals surface area (Å²) in [5.74, 6) is 0.573. The van der Waals surface area contributed by atoms with Crippen molar-refractivity contribution in [3.63, 3.8) is 0 Å². The van der Waals surface area contributed by atoms with E-state index < -0.39 is 0 Å². The molecule has 0 unspecified atom stereocenters. The summed E-state index contributed by atoms with van der Waals surface area (Å²) in [7, 11) is 0. The Morgan fingerprint density at radius 2 is 2.00 bits per heavy atom. The molecule has 82 valence electrons. The Kier molecular flexibility index (Phi) is 4.17. The number of benzene rings is 1. The van der Waals surface area contributed by atoms with Crippen LogP contribution in [0.1, 0.15) is 5.56 Å². The Balaban J connectivity index is 2.05. The van der Waals surface area contributed by atoms with Gasteiger partial charge >= 0.3 is 0 Å². The van der Waals surface area contributed by atoms with E-state index in [1.165, 1.54) is 17.8 Å². The maximum atomic E-state index is 12.8. The van der Waals surface area contributed by atoms with Crippen molar-refractivity contribution in [2.45, 2.75) is 10.8 Å². The highest BCUT2D eigenvalue weighted by Gasteiger charge is 2.04. The fourth-order valence-corrected chi connectivity index (χ4v) is 2.96. The number of rotatable bonds is 3. The van der Waals surface area contributed by atoms with Gasteiger partial charge in [-0.25, -0.2) is 9.37 Å². The molecule has 2 rings (SSSR count). The number of halogens is 2.